The fraction of sp³-hybridized carbons (Fsp3) is 0.409. The highest BCUT2D eigenvalue weighted by Crippen LogP contribution is 2.17. The lowest BCUT2D eigenvalue weighted by molar-refractivity contribution is 0.0941. The van der Waals surface area contributed by atoms with Crippen LogP contribution >= 0.6 is 0 Å². The number of nitrogens with one attached hydrogen (secondary N) is 1. The molecule has 0 aliphatic heterocycles. The first-order valence-electron chi connectivity index (χ1n) is 9.88. The first-order chi connectivity index (χ1) is 13.8. The van der Waals surface area contributed by atoms with E-state index in [1.165, 1.54) is 22.0 Å². The Balaban J connectivity index is 2.10. The van der Waals surface area contributed by atoms with Crippen molar-refractivity contribution >= 4 is 15.9 Å². The fourth-order valence-corrected chi connectivity index (χ4v) is 4.65. The van der Waals surface area contributed by atoms with Crippen LogP contribution in [0, 0.1) is 0 Å². The first-order valence-corrected chi connectivity index (χ1v) is 11.3. The molecule has 0 radical (unpaired) electrons. The van der Waals surface area contributed by atoms with Gasteiger partial charge in [0.05, 0.1) is 4.90 Å². The van der Waals surface area contributed by atoms with Crippen LogP contribution in [-0.4, -0.2) is 63.3 Å². The Labute approximate surface area is 174 Å². The van der Waals surface area contributed by atoms with Crippen molar-refractivity contribution in [3.8, 4) is 0 Å². The van der Waals surface area contributed by atoms with Gasteiger partial charge in [-0.25, -0.2) is 8.42 Å². The zero-order valence-corrected chi connectivity index (χ0v) is 18.4. The first kappa shape index (κ1) is 23.1. The largest absolute Gasteiger partial charge is 0.350 e. The molecule has 29 heavy (non-hydrogen) atoms. The molecule has 0 aromatic heterocycles. The zero-order valence-electron chi connectivity index (χ0n) is 17.6. The molecule has 0 fully saturated rings. The molecule has 1 unspecified atom stereocenters. The standard InChI is InChI=1S/C22H31N3O3S/c1-5-25(6-2)29(27,28)21-14-10-13-19(16-21)22(26)23-17-20(24(3)4)15-18-11-8-7-9-12-18/h7-14,16,20H,5-6,15,17H2,1-4H3,(H,23,26). The van der Waals surface area contributed by atoms with Gasteiger partial charge in [0.15, 0.2) is 0 Å². The number of carbonyl (C=O) groups excluding carboxylic acids is 1. The molecule has 0 aliphatic carbocycles. The highest BCUT2D eigenvalue weighted by molar-refractivity contribution is 7.89. The number of rotatable bonds is 10. The van der Waals surface area contributed by atoms with Crippen LogP contribution in [0.2, 0.25) is 0 Å². The van der Waals surface area contributed by atoms with Crippen LogP contribution < -0.4 is 5.32 Å². The van der Waals surface area contributed by atoms with Crippen molar-refractivity contribution in [3.05, 3.63) is 65.7 Å². The molecule has 158 valence electrons. The third kappa shape index (κ3) is 6.13. The van der Waals surface area contributed by atoms with E-state index in [9.17, 15) is 13.2 Å². The summed E-state index contributed by atoms with van der Waals surface area (Å²) in [6, 6.07) is 16.5. The average Bonchev–Trinajstić information content (AvgIpc) is 2.72. The summed E-state index contributed by atoms with van der Waals surface area (Å²) in [5.41, 5.74) is 1.54. The van der Waals surface area contributed by atoms with Crippen molar-refractivity contribution in [1.82, 2.24) is 14.5 Å². The second-order valence-electron chi connectivity index (χ2n) is 7.13. The molecular weight excluding hydrogens is 386 g/mol. The maximum absolute atomic E-state index is 12.7. The van der Waals surface area contributed by atoms with Gasteiger partial charge in [0.2, 0.25) is 10.0 Å². The minimum atomic E-state index is -3.60. The van der Waals surface area contributed by atoms with Crippen molar-refractivity contribution in [3.63, 3.8) is 0 Å². The van der Waals surface area contributed by atoms with Crippen LogP contribution in [0.5, 0.6) is 0 Å². The summed E-state index contributed by atoms with van der Waals surface area (Å²) >= 11 is 0. The van der Waals surface area contributed by atoms with E-state index in [0.717, 1.165) is 6.42 Å². The SMILES string of the molecule is CCN(CC)S(=O)(=O)c1cccc(C(=O)NCC(Cc2ccccc2)N(C)C)c1. The Bertz CT molecular complexity index is 895. The molecule has 0 bridgehead atoms. The summed E-state index contributed by atoms with van der Waals surface area (Å²) in [6.07, 6.45) is 0.810. The van der Waals surface area contributed by atoms with Gasteiger partial charge in [-0.15, -0.1) is 0 Å². The molecule has 0 spiro atoms. The molecule has 1 amide bonds. The fourth-order valence-electron chi connectivity index (χ4n) is 3.15. The summed E-state index contributed by atoms with van der Waals surface area (Å²) in [5.74, 6) is -0.276. The third-order valence-electron chi connectivity index (χ3n) is 4.98. The van der Waals surface area contributed by atoms with E-state index in [0.29, 0.717) is 25.2 Å². The van der Waals surface area contributed by atoms with Crippen LogP contribution in [0.3, 0.4) is 0 Å². The lowest BCUT2D eigenvalue weighted by Crippen LogP contribution is -2.41. The van der Waals surface area contributed by atoms with E-state index in [-0.39, 0.29) is 16.8 Å². The summed E-state index contributed by atoms with van der Waals surface area (Å²) in [5, 5.41) is 2.95. The molecule has 7 heteroatoms. The monoisotopic (exact) mass is 417 g/mol. The van der Waals surface area contributed by atoms with Gasteiger partial charge in [-0.05, 0) is 44.3 Å². The van der Waals surface area contributed by atoms with Crippen molar-refractivity contribution < 1.29 is 13.2 Å². The highest BCUT2D eigenvalue weighted by Gasteiger charge is 2.23. The van der Waals surface area contributed by atoms with E-state index in [1.54, 1.807) is 26.0 Å². The molecule has 1 atom stereocenters. The molecule has 0 saturated heterocycles. The number of amides is 1. The van der Waals surface area contributed by atoms with E-state index >= 15 is 0 Å². The molecule has 1 N–H and O–H groups in total. The topological polar surface area (TPSA) is 69.7 Å². The Kier molecular flexibility index (Phi) is 8.37. The number of sulfonamides is 1. The normalized spacial score (nSPS) is 12.9. The van der Waals surface area contributed by atoms with Gasteiger partial charge < -0.3 is 10.2 Å². The third-order valence-corrected chi connectivity index (χ3v) is 7.03. The quantitative estimate of drug-likeness (QED) is 0.645. The van der Waals surface area contributed by atoms with Crippen molar-refractivity contribution in [1.29, 1.82) is 0 Å². The number of hydrogen-bond acceptors (Lipinski definition) is 4. The second-order valence-corrected chi connectivity index (χ2v) is 9.07. The summed E-state index contributed by atoms with van der Waals surface area (Å²) < 4.78 is 26.8. The zero-order chi connectivity index (χ0) is 21.4. The maximum atomic E-state index is 12.7. The summed E-state index contributed by atoms with van der Waals surface area (Å²) in [7, 11) is 0.369. The molecule has 0 heterocycles. The van der Waals surface area contributed by atoms with Gasteiger partial charge in [0.1, 0.15) is 0 Å². The minimum absolute atomic E-state index is 0.129. The summed E-state index contributed by atoms with van der Waals surface area (Å²) in [6.45, 7) is 4.84. The molecule has 2 aromatic carbocycles. The summed E-state index contributed by atoms with van der Waals surface area (Å²) in [4.78, 5) is 14.9. The predicted molar refractivity (Wildman–Crippen MR) is 117 cm³/mol. The van der Waals surface area contributed by atoms with E-state index in [2.05, 4.69) is 22.3 Å². The molecule has 0 saturated carbocycles. The number of benzene rings is 2. The van der Waals surface area contributed by atoms with Gasteiger partial charge in [0.25, 0.3) is 5.91 Å². The van der Waals surface area contributed by atoms with Gasteiger partial charge in [-0.1, -0.05) is 50.2 Å². The maximum Gasteiger partial charge on any atom is 0.251 e. The molecule has 2 rings (SSSR count). The van der Waals surface area contributed by atoms with Crippen LogP contribution in [0.15, 0.2) is 59.5 Å². The minimum Gasteiger partial charge on any atom is -0.350 e. The smallest absolute Gasteiger partial charge is 0.251 e. The van der Waals surface area contributed by atoms with Crippen molar-refractivity contribution in [2.45, 2.75) is 31.2 Å². The van der Waals surface area contributed by atoms with Crippen LogP contribution in [-0.2, 0) is 16.4 Å². The lowest BCUT2D eigenvalue weighted by Gasteiger charge is -2.25. The van der Waals surface area contributed by atoms with Crippen LogP contribution in [0.25, 0.3) is 0 Å². The van der Waals surface area contributed by atoms with Gasteiger partial charge >= 0.3 is 0 Å². The Morgan fingerprint density at radius 2 is 1.66 bits per heavy atom. The molecule has 2 aromatic rings. The Morgan fingerprint density at radius 3 is 2.24 bits per heavy atom. The number of likely N-dealkylation sites (N-methyl/N-ethyl adjacent to an activating group) is 1. The lowest BCUT2D eigenvalue weighted by atomic mass is 10.1. The van der Waals surface area contributed by atoms with Gasteiger partial charge in [0, 0.05) is 31.2 Å². The van der Waals surface area contributed by atoms with Gasteiger partial charge in [-0.3, -0.25) is 4.79 Å². The Morgan fingerprint density at radius 1 is 1.00 bits per heavy atom. The van der Waals surface area contributed by atoms with E-state index < -0.39 is 10.0 Å². The van der Waals surface area contributed by atoms with Crippen molar-refractivity contribution in [2.24, 2.45) is 0 Å². The van der Waals surface area contributed by atoms with Crippen LogP contribution in [0.1, 0.15) is 29.8 Å². The number of nitrogens with zero attached hydrogens (tertiary/aromatic N) is 2. The predicted octanol–water partition coefficient (Wildman–Crippen LogP) is 2.62. The van der Waals surface area contributed by atoms with Crippen LogP contribution in [0.4, 0.5) is 0 Å². The number of hydrogen-bond donors (Lipinski definition) is 1. The molecule has 0 aliphatic rings. The second kappa shape index (κ2) is 10.5. The average molecular weight is 418 g/mol. The Hall–Kier alpha value is -2.22. The molecule has 6 nitrogen and oxygen atoms in total. The van der Waals surface area contributed by atoms with E-state index in [4.69, 9.17) is 0 Å². The molecular formula is C22H31N3O3S. The van der Waals surface area contributed by atoms with E-state index in [1.807, 2.05) is 32.3 Å². The van der Waals surface area contributed by atoms with Gasteiger partial charge in [-0.2, -0.15) is 4.31 Å². The highest BCUT2D eigenvalue weighted by atomic mass is 32.2. The number of carbonyl (C=O) groups is 1. The van der Waals surface area contributed by atoms with Crippen molar-refractivity contribution in [2.75, 3.05) is 33.7 Å².